The Kier molecular flexibility index (Phi) is 8.07. The van der Waals surface area contributed by atoms with Crippen molar-refractivity contribution in [1.29, 1.82) is 0 Å². The van der Waals surface area contributed by atoms with E-state index in [1.165, 1.54) is 11.6 Å². The minimum Gasteiger partial charge on any atom is -0.497 e. The van der Waals surface area contributed by atoms with E-state index in [1.807, 2.05) is 32.3 Å². The fraction of sp³-hybridized carbons (Fsp3) is 0.381. The van der Waals surface area contributed by atoms with Crippen LogP contribution in [0.3, 0.4) is 0 Å². The Labute approximate surface area is 161 Å². The Morgan fingerprint density at radius 2 is 1.81 bits per heavy atom. The largest absolute Gasteiger partial charge is 0.497 e. The summed E-state index contributed by atoms with van der Waals surface area (Å²) in [6.07, 6.45) is 0.600. The zero-order valence-electron chi connectivity index (χ0n) is 16.5. The van der Waals surface area contributed by atoms with Crippen LogP contribution in [0.1, 0.15) is 17.2 Å². The molecule has 2 rings (SSSR count). The van der Waals surface area contributed by atoms with Crippen LogP contribution >= 0.6 is 0 Å². The highest BCUT2D eigenvalue weighted by atomic mass is 19.1. The lowest BCUT2D eigenvalue weighted by atomic mass is 10.1. The second kappa shape index (κ2) is 10.5. The molecule has 0 aromatic heterocycles. The molecular formula is C21H29FN4O. The third kappa shape index (κ3) is 6.25. The maximum absolute atomic E-state index is 13.7. The highest BCUT2D eigenvalue weighted by Crippen LogP contribution is 2.20. The van der Waals surface area contributed by atoms with Crippen molar-refractivity contribution in [2.75, 3.05) is 41.3 Å². The first-order valence-electron chi connectivity index (χ1n) is 9.03. The SMILES string of the molecule is CN=C(NCCc1ccccc1F)NCC(c1ccc(OC)cc1)N(C)C. The molecule has 6 heteroatoms. The van der Waals surface area contributed by atoms with Crippen LogP contribution in [0.4, 0.5) is 4.39 Å². The van der Waals surface area contributed by atoms with Crippen LogP contribution in [-0.2, 0) is 6.42 Å². The van der Waals surface area contributed by atoms with Gasteiger partial charge in [0.2, 0.25) is 0 Å². The van der Waals surface area contributed by atoms with Gasteiger partial charge in [0, 0.05) is 20.1 Å². The molecule has 0 fully saturated rings. The summed E-state index contributed by atoms with van der Waals surface area (Å²) in [5, 5.41) is 6.59. The number of nitrogens with zero attached hydrogens (tertiary/aromatic N) is 2. The maximum Gasteiger partial charge on any atom is 0.191 e. The van der Waals surface area contributed by atoms with Crippen molar-refractivity contribution in [3.8, 4) is 5.75 Å². The number of guanidine groups is 1. The Morgan fingerprint density at radius 3 is 2.41 bits per heavy atom. The minimum absolute atomic E-state index is 0.172. The summed E-state index contributed by atoms with van der Waals surface area (Å²) in [5.74, 6) is 1.37. The number of ether oxygens (including phenoxy) is 1. The number of methoxy groups -OCH3 is 1. The molecule has 2 aromatic carbocycles. The first-order chi connectivity index (χ1) is 13.0. The lowest BCUT2D eigenvalue weighted by Crippen LogP contribution is -2.42. The Hall–Kier alpha value is -2.60. The zero-order chi connectivity index (χ0) is 19.6. The van der Waals surface area contributed by atoms with Gasteiger partial charge in [-0.2, -0.15) is 0 Å². The molecule has 0 aliphatic rings. The van der Waals surface area contributed by atoms with Crippen LogP contribution in [0.15, 0.2) is 53.5 Å². The second-order valence-corrected chi connectivity index (χ2v) is 6.47. The molecule has 0 saturated heterocycles. The van der Waals surface area contributed by atoms with Gasteiger partial charge in [-0.15, -0.1) is 0 Å². The van der Waals surface area contributed by atoms with Gasteiger partial charge in [0.25, 0.3) is 0 Å². The molecule has 0 saturated carbocycles. The first-order valence-corrected chi connectivity index (χ1v) is 9.03. The van der Waals surface area contributed by atoms with Crippen molar-refractivity contribution in [3.63, 3.8) is 0 Å². The zero-order valence-corrected chi connectivity index (χ0v) is 16.5. The Bertz CT molecular complexity index is 731. The molecular weight excluding hydrogens is 343 g/mol. The lowest BCUT2D eigenvalue weighted by molar-refractivity contribution is 0.298. The fourth-order valence-corrected chi connectivity index (χ4v) is 2.86. The van der Waals surface area contributed by atoms with Crippen LogP contribution in [0, 0.1) is 5.82 Å². The van der Waals surface area contributed by atoms with Crippen molar-refractivity contribution < 1.29 is 9.13 Å². The maximum atomic E-state index is 13.7. The lowest BCUT2D eigenvalue weighted by Gasteiger charge is -2.26. The molecule has 2 N–H and O–H groups in total. The predicted octanol–water partition coefficient (Wildman–Crippen LogP) is 2.84. The van der Waals surface area contributed by atoms with Gasteiger partial charge in [-0.1, -0.05) is 30.3 Å². The van der Waals surface area contributed by atoms with Crippen LogP contribution in [0.2, 0.25) is 0 Å². The van der Waals surface area contributed by atoms with E-state index in [4.69, 9.17) is 4.74 Å². The highest BCUT2D eigenvalue weighted by molar-refractivity contribution is 5.79. The van der Waals surface area contributed by atoms with Gasteiger partial charge in [-0.3, -0.25) is 4.99 Å². The molecule has 27 heavy (non-hydrogen) atoms. The minimum atomic E-state index is -0.172. The Morgan fingerprint density at radius 1 is 1.11 bits per heavy atom. The van der Waals surface area contributed by atoms with E-state index in [1.54, 1.807) is 26.3 Å². The smallest absolute Gasteiger partial charge is 0.191 e. The van der Waals surface area contributed by atoms with E-state index in [0.717, 1.165) is 5.75 Å². The molecule has 0 radical (unpaired) electrons. The molecule has 1 atom stereocenters. The predicted molar refractivity (Wildman–Crippen MR) is 109 cm³/mol. The third-order valence-corrected chi connectivity index (χ3v) is 4.46. The topological polar surface area (TPSA) is 48.9 Å². The van der Waals surface area contributed by atoms with Crippen molar-refractivity contribution in [1.82, 2.24) is 15.5 Å². The summed E-state index contributed by atoms with van der Waals surface area (Å²) >= 11 is 0. The van der Waals surface area contributed by atoms with Gasteiger partial charge in [0.05, 0.1) is 13.2 Å². The van der Waals surface area contributed by atoms with E-state index >= 15 is 0 Å². The van der Waals surface area contributed by atoms with Crippen molar-refractivity contribution in [2.45, 2.75) is 12.5 Å². The number of aliphatic imine (C=N–C) groups is 1. The van der Waals surface area contributed by atoms with E-state index in [9.17, 15) is 4.39 Å². The number of likely N-dealkylation sites (N-methyl/N-ethyl adjacent to an activating group) is 1. The van der Waals surface area contributed by atoms with Gasteiger partial charge in [0.15, 0.2) is 5.96 Å². The van der Waals surface area contributed by atoms with Gasteiger partial charge >= 0.3 is 0 Å². The summed E-state index contributed by atoms with van der Waals surface area (Å²) in [6.45, 7) is 1.30. The molecule has 2 aromatic rings. The van der Waals surface area contributed by atoms with Gasteiger partial charge in [-0.05, 0) is 49.8 Å². The fourth-order valence-electron chi connectivity index (χ4n) is 2.86. The van der Waals surface area contributed by atoms with Gasteiger partial charge in [0.1, 0.15) is 11.6 Å². The van der Waals surface area contributed by atoms with E-state index in [-0.39, 0.29) is 11.9 Å². The number of nitrogens with one attached hydrogen (secondary N) is 2. The monoisotopic (exact) mass is 372 g/mol. The number of halogens is 1. The number of rotatable bonds is 8. The van der Waals surface area contributed by atoms with Crippen LogP contribution in [0.5, 0.6) is 5.75 Å². The summed E-state index contributed by atoms with van der Waals surface area (Å²) < 4.78 is 18.9. The third-order valence-electron chi connectivity index (χ3n) is 4.46. The molecule has 0 bridgehead atoms. The molecule has 5 nitrogen and oxygen atoms in total. The molecule has 0 aliphatic heterocycles. The van der Waals surface area contributed by atoms with Gasteiger partial charge < -0.3 is 20.3 Å². The summed E-state index contributed by atoms with van der Waals surface area (Å²) in [5.41, 5.74) is 1.89. The average molecular weight is 372 g/mol. The molecule has 0 spiro atoms. The van der Waals surface area contributed by atoms with Crippen molar-refractivity contribution in [2.24, 2.45) is 4.99 Å². The standard InChI is InChI=1S/C21H29FN4O/c1-23-21(24-14-13-16-7-5-6-8-19(16)22)25-15-20(26(2)3)17-9-11-18(27-4)12-10-17/h5-12,20H,13-15H2,1-4H3,(H2,23,24,25). The van der Waals surface area contributed by atoms with Crippen LogP contribution < -0.4 is 15.4 Å². The molecule has 1 unspecified atom stereocenters. The van der Waals surface area contributed by atoms with Crippen LogP contribution in [-0.4, -0.2) is 52.2 Å². The second-order valence-electron chi connectivity index (χ2n) is 6.47. The number of hydrogen-bond donors (Lipinski definition) is 2. The first kappa shape index (κ1) is 20.7. The quantitative estimate of drug-likeness (QED) is 0.553. The molecule has 0 heterocycles. The molecule has 146 valence electrons. The number of benzene rings is 2. The van der Waals surface area contributed by atoms with E-state index < -0.39 is 0 Å². The summed E-state index contributed by atoms with van der Waals surface area (Å²) in [7, 11) is 7.49. The normalized spacial score (nSPS) is 12.7. The Balaban J connectivity index is 1.89. The van der Waals surface area contributed by atoms with E-state index in [2.05, 4.69) is 32.7 Å². The molecule has 0 amide bonds. The summed E-state index contributed by atoms with van der Waals surface area (Å²) in [6, 6.07) is 15.1. The highest BCUT2D eigenvalue weighted by Gasteiger charge is 2.15. The van der Waals surface area contributed by atoms with Gasteiger partial charge in [-0.25, -0.2) is 4.39 Å². The van der Waals surface area contributed by atoms with Crippen molar-refractivity contribution in [3.05, 3.63) is 65.5 Å². The summed E-state index contributed by atoms with van der Waals surface area (Å²) in [4.78, 5) is 6.41. The molecule has 0 aliphatic carbocycles. The van der Waals surface area contributed by atoms with E-state index in [0.29, 0.717) is 31.0 Å². The average Bonchev–Trinajstić information content (AvgIpc) is 2.68. The van der Waals surface area contributed by atoms with Crippen molar-refractivity contribution >= 4 is 5.96 Å². The van der Waals surface area contributed by atoms with Crippen LogP contribution in [0.25, 0.3) is 0 Å². The number of hydrogen-bond acceptors (Lipinski definition) is 3.